The molecule has 28 heavy (non-hydrogen) atoms. The predicted octanol–water partition coefficient (Wildman–Crippen LogP) is 5.31. The Labute approximate surface area is 176 Å². The van der Waals surface area contributed by atoms with Gasteiger partial charge in [-0.25, -0.2) is 9.59 Å². The highest BCUT2D eigenvalue weighted by molar-refractivity contribution is 6.35. The van der Waals surface area contributed by atoms with Crippen molar-refractivity contribution >= 4 is 35.1 Å². The molecule has 7 heteroatoms. The van der Waals surface area contributed by atoms with E-state index < -0.39 is 24.6 Å². The normalized spacial score (nSPS) is 23.2. The van der Waals surface area contributed by atoms with Gasteiger partial charge in [0.25, 0.3) is 0 Å². The SMILES string of the molecule is CC(C)[C@H]1CC[C@H](C)C[C@@H]1OC(=O)COC(=O)[C@@H](C)Oc1ccc(Cl)cc1Cl. The molecule has 0 spiro atoms. The smallest absolute Gasteiger partial charge is 0.347 e. The van der Waals surface area contributed by atoms with Gasteiger partial charge in [0.05, 0.1) is 5.02 Å². The molecule has 1 fully saturated rings. The highest BCUT2D eigenvalue weighted by Crippen LogP contribution is 2.35. The average molecular weight is 431 g/mol. The van der Waals surface area contributed by atoms with Crippen LogP contribution in [0.5, 0.6) is 5.75 Å². The molecule has 5 nitrogen and oxygen atoms in total. The molecule has 0 heterocycles. The summed E-state index contributed by atoms with van der Waals surface area (Å²) in [5.74, 6) is 0.410. The van der Waals surface area contributed by atoms with E-state index >= 15 is 0 Å². The van der Waals surface area contributed by atoms with Gasteiger partial charge >= 0.3 is 11.9 Å². The first kappa shape index (κ1) is 22.8. The Morgan fingerprint density at radius 2 is 1.89 bits per heavy atom. The minimum atomic E-state index is -0.926. The number of esters is 2. The summed E-state index contributed by atoms with van der Waals surface area (Å²) in [6, 6.07) is 4.69. The summed E-state index contributed by atoms with van der Waals surface area (Å²) in [5.41, 5.74) is 0. The molecule has 1 aromatic carbocycles. The van der Waals surface area contributed by atoms with Gasteiger partial charge in [0.1, 0.15) is 11.9 Å². The van der Waals surface area contributed by atoms with E-state index in [4.69, 9.17) is 37.4 Å². The van der Waals surface area contributed by atoms with Crippen LogP contribution in [0.2, 0.25) is 10.0 Å². The molecule has 0 amide bonds. The van der Waals surface area contributed by atoms with Crippen LogP contribution >= 0.6 is 23.2 Å². The topological polar surface area (TPSA) is 61.8 Å². The van der Waals surface area contributed by atoms with Gasteiger partial charge in [0.15, 0.2) is 12.7 Å². The van der Waals surface area contributed by atoms with Crippen LogP contribution in [0.4, 0.5) is 0 Å². The first-order chi connectivity index (χ1) is 13.2. The number of benzene rings is 1. The van der Waals surface area contributed by atoms with Gasteiger partial charge in [-0.3, -0.25) is 0 Å². The quantitative estimate of drug-likeness (QED) is 0.548. The van der Waals surface area contributed by atoms with Crippen LogP contribution in [-0.2, 0) is 19.1 Å². The number of carbonyl (C=O) groups is 2. The summed E-state index contributed by atoms with van der Waals surface area (Å²) in [7, 11) is 0. The van der Waals surface area contributed by atoms with E-state index in [2.05, 4.69) is 20.8 Å². The molecular formula is C21H28Cl2O5. The van der Waals surface area contributed by atoms with Gasteiger partial charge < -0.3 is 14.2 Å². The number of ether oxygens (including phenoxy) is 3. The maximum atomic E-state index is 12.2. The molecule has 1 saturated carbocycles. The number of rotatable bonds is 7. The van der Waals surface area contributed by atoms with E-state index in [-0.39, 0.29) is 11.1 Å². The second-order valence-electron chi connectivity index (χ2n) is 7.80. The Morgan fingerprint density at radius 1 is 1.18 bits per heavy atom. The van der Waals surface area contributed by atoms with Crippen LogP contribution < -0.4 is 4.74 Å². The van der Waals surface area contributed by atoms with Crippen molar-refractivity contribution in [2.45, 2.75) is 59.2 Å². The zero-order valence-corrected chi connectivity index (χ0v) is 18.3. The van der Waals surface area contributed by atoms with Crippen molar-refractivity contribution in [1.82, 2.24) is 0 Å². The molecule has 0 saturated heterocycles. The largest absolute Gasteiger partial charge is 0.477 e. The summed E-state index contributed by atoms with van der Waals surface area (Å²) in [4.78, 5) is 24.3. The van der Waals surface area contributed by atoms with Crippen LogP contribution in [0.3, 0.4) is 0 Å². The molecule has 1 aliphatic carbocycles. The average Bonchev–Trinajstić information content (AvgIpc) is 2.61. The lowest BCUT2D eigenvalue weighted by molar-refractivity contribution is -0.169. The van der Waals surface area contributed by atoms with E-state index in [1.165, 1.54) is 13.0 Å². The molecule has 0 radical (unpaired) electrons. The standard InChI is InChI=1S/C21H28Cl2O5/c1-12(2)16-7-5-13(3)9-19(16)28-20(24)11-26-21(25)14(4)27-18-8-6-15(22)10-17(18)23/h6,8,10,12-14,16,19H,5,7,9,11H2,1-4H3/t13-,14+,16+,19-/m0/s1. The second-order valence-corrected chi connectivity index (χ2v) is 8.64. The Morgan fingerprint density at radius 3 is 2.54 bits per heavy atom. The number of hydrogen-bond donors (Lipinski definition) is 0. The zero-order valence-electron chi connectivity index (χ0n) is 16.7. The molecule has 0 aliphatic heterocycles. The third-order valence-electron chi connectivity index (χ3n) is 5.11. The molecule has 1 aromatic rings. The molecular weight excluding hydrogens is 403 g/mol. The zero-order chi connectivity index (χ0) is 20.8. The van der Waals surface area contributed by atoms with Gasteiger partial charge in [-0.1, -0.05) is 50.4 Å². The van der Waals surface area contributed by atoms with Crippen molar-refractivity contribution in [3.63, 3.8) is 0 Å². The van der Waals surface area contributed by atoms with E-state index in [1.807, 2.05) is 0 Å². The van der Waals surface area contributed by atoms with Gasteiger partial charge in [-0.15, -0.1) is 0 Å². The minimum Gasteiger partial charge on any atom is -0.477 e. The van der Waals surface area contributed by atoms with Crippen molar-refractivity contribution < 1.29 is 23.8 Å². The molecule has 0 aromatic heterocycles. The van der Waals surface area contributed by atoms with Gasteiger partial charge in [-0.2, -0.15) is 0 Å². The molecule has 2 rings (SSSR count). The summed E-state index contributed by atoms with van der Waals surface area (Å²) < 4.78 is 16.2. The third-order valence-corrected chi connectivity index (χ3v) is 5.64. The first-order valence-electron chi connectivity index (χ1n) is 9.65. The summed E-state index contributed by atoms with van der Waals surface area (Å²) in [6.07, 6.45) is 1.98. The summed E-state index contributed by atoms with van der Waals surface area (Å²) in [5, 5.41) is 0.754. The van der Waals surface area contributed by atoms with Crippen LogP contribution in [0.25, 0.3) is 0 Å². The van der Waals surface area contributed by atoms with Crippen molar-refractivity contribution in [3.8, 4) is 5.75 Å². The highest BCUT2D eigenvalue weighted by Gasteiger charge is 2.33. The molecule has 156 valence electrons. The number of hydrogen-bond acceptors (Lipinski definition) is 5. The van der Waals surface area contributed by atoms with E-state index in [1.54, 1.807) is 12.1 Å². The van der Waals surface area contributed by atoms with Crippen molar-refractivity contribution in [1.29, 1.82) is 0 Å². The maximum Gasteiger partial charge on any atom is 0.347 e. The van der Waals surface area contributed by atoms with Gasteiger partial charge in [0, 0.05) is 5.02 Å². The minimum absolute atomic E-state index is 0.128. The number of carbonyl (C=O) groups excluding carboxylic acids is 2. The fourth-order valence-corrected chi connectivity index (χ4v) is 3.96. The molecule has 0 N–H and O–H groups in total. The van der Waals surface area contributed by atoms with Crippen LogP contribution in [0.15, 0.2) is 18.2 Å². The van der Waals surface area contributed by atoms with Crippen molar-refractivity contribution in [3.05, 3.63) is 28.2 Å². The molecule has 1 aliphatic rings. The predicted molar refractivity (Wildman–Crippen MR) is 109 cm³/mol. The first-order valence-corrected chi connectivity index (χ1v) is 10.4. The lowest BCUT2D eigenvalue weighted by Gasteiger charge is -2.36. The Balaban J connectivity index is 1.83. The van der Waals surface area contributed by atoms with Gasteiger partial charge in [0.2, 0.25) is 0 Å². The monoisotopic (exact) mass is 430 g/mol. The van der Waals surface area contributed by atoms with E-state index in [0.29, 0.717) is 28.5 Å². The Bertz CT molecular complexity index is 691. The second kappa shape index (κ2) is 10.4. The van der Waals surface area contributed by atoms with Crippen molar-refractivity contribution in [2.75, 3.05) is 6.61 Å². The lowest BCUT2D eigenvalue weighted by atomic mass is 9.75. The van der Waals surface area contributed by atoms with Crippen LogP contribution in [0.1, 0.15) is 47.0 Å². The van der Waals surface area contributed by atoms with E-state index in [0.717, 1.165) is 19.3 Å². The van der Waals surface area contributed by atoms with Gasteiger partial charge in [-0.05, 0) is 55.7 Å². The van der Waals surface area contributed by atoms with Crippen molar-refractivity contribution in [2.24, 2.45) is 17.8 Å². The molecule has 0 bridgehead atoms. The van der Waals surface area contributed by atoms with E-state index in [9.17, 15) is 9.59 Å². The Hall–Kier alpha value is -1.46. The number of halogens is 2. The third kappa shape index (κ3) is 6.56. The summed E-state index contributed by atoms with van der Waals surface area (Å²) in [6.45, 7) is 7.54. The molecule has 4 atom stereocenters. The highest BCUT2D eigenvalue weighted by atomic mass is 35.5. The molecule has 0 unspecified atom stereocenters. The lowest BCUT2D eigenvalue weighted by Crippen LogP contribution is -2.37. The van der Waals surface area contributed by atoms with Crippen LogP contribution in [-0.4, -0.2) is 30.8 Å². The fraction of sp³-hybridized carbons (Fsp3) is 0.619. The fourth-order valence-electron chi connectivity index (χ4n) is 3.51. The van der Waals surface area contributed by atoms with Crippen LogP contribution in [0, 0.1) is 17.8 Å². The maximum absolute atomic E-state index is 12.2. The summed E-state index contributed by atoms with van der Waals surface area (Å²) >= 11 is 11.9. The Kier molecular flexibility index (Phi) is 8.44.